The van der Waals surface area contributed by atoms with Gasteiger partial charge in [-0.1, -0.05) is 49.8 Å². The molecule has 4 rings (SSSR count). The van der Waals surface area contributed by atoms with Crippen molar-refractivity contribution in [1.82, 2.24) is 0 Å². The molecule has 2 atom stereocenters. The fraction of sp³-hybridized carbons (Fsp3) is 0.462. The average molecular weight is 455 g/mol. The quantitative estimate of drug-likeness (QED) is 0.595. The topological polar surface area (TPSA) is 49.9 Å². The fourth-order valence-corrected chi connectivity index (χ4v) is 6.43. The molecule has 0 aliphatic carbocycles. The zero-order valence-corrected chi connectivity index (χ0v) is 20.5. The monoisotopic (exact) mass is 454 g/mol. The first-order valence-electron chi connectivity index (χ1n) is 11.4. The van der Waals surface area contributed by atoms with Crippen molar-refractivity contribution in [1.29, 1.82) is 0 Å². The molecule has 2 aliphatic heterocycles. The van der Waals surface area contributed by atoms with Crippen LogP contribution in [0.5, 0.6) is 0 Å². The van der Waals surface area contributed by atoms with E-state index in [9.17, 15) is 8.42 Å². The van der Waals surface area contributed by atoms with Crippen LogP contribution in [0.3, 0.4) is 0 Å². The van der Waals surface area contributed by atoms with Gasteiger partial charge in [0.05, 0.1) is 21.9 Å². The summed E-state index contributed by atoms with van der Waals surface area (Å²) in [5.74, 6) is 0.187. The van der Waals surface area contributed by atoms with Gasteiger partial charge < -0.3 is 14.5 Å². The molecule has 2 unspecified atom stereocenters. The first-order chi connectivity index (χ1) is 15.1. The Morgan fingerprint density at radius 1 is 1.16 bits per heavy atom. The van der Waals surface area contributed by atoms with E-state index in [4.69, 9.17) is 4.74 Å². The minimum atomic E-state index is -3.34. The highest BCUT2D eigenvalue weighted by molar-refractivity contribution is 7.91. The van der Waals surface area contributed by atoms with Gasteiger partial charge in [0.2, 0.25) is 0 Å². The number of ether oxygens (including phenoxy) is 1. The van der Waals surface area contributed by atoms with Crippen molar-refractivity contribution in [3.05, 3.63) is 59.7 Å². The summed E-state index contributed by atoms with van der Waals surface area (Å²) in [6.07, 6.45) is 6.16. The first-order valence-corrected chi connectivity index (χ1v) is 13.1. The highest BCUT2D eigenvalue weighted by atomic mass is 32.2. The number of sulfone groups is 1. The van der Waals surface area contributed by atoms with Crippen molar-refractivity contribution in [3.8, 4) is 0 Å². The van der Waals surface area contributed by atoms with Crippen LogP contribution in [0.25, 0.3) is 6.08 Å². The Kier molecular flexibility index (Phi) is 6.12. The second-order valence-electron chi connectivity index (χ2n) is 9.52. The van der Waals surface area contributed by atoms with Crippen LogP contribution in [-0.2, 0) is 21.0 Å². The molecule has 2 heterocycles. The Morgan fingerprint density at radius 3 is 2.53 bits per heavy atom. The minimum Gasteiger partial charge on any atom is -0.378 e. The molecule has 0 bridgehead atoms. The molecule has 0 saturated carbocycles. The number of hydrogen-bond acceptors (Lipinski definition) is 5. The van der Waals surface area contributed by atoms with Crippen molar-refractivity contribution >= 4 is 27.3 Å². The van der Waals surface area contributed by atoms with E-state index < -0.39 is 9.84 Å². The van der Waals surface area contributed by atoms with Gasteiger partial charge in [0.15, 0.2) is 9.84 Å². The van der Waals surface area contributed by atoms with Gasteiger partial charge in [0.1, 0.15) is 12.3 Å². The minimum absolute atomic E-state index is 0.138. The summed E-state index contributed by atoms with van der Waals surface area (Å²) in [6.45, 7) is 6.30. The van der Waals surface area contributed by atoms with Crippen LogP contribution in [0.15, 0.2) is 53.4 Å². The number of para-hydroxylation sites is 1. The maximum atomic E-state index is 13.1. The Balaban J connectivity index is 1.62. The molecule has 2 aromatic rings. The second kappa shape index (κ2) is 8.56. The third kappa shape index (κ3) is 4.06. The highest BCUT2D eigenvalue weighted by Gasteiger charge is 2.52. The molecule has 1 fully saturated rings. The van der Waals surface area contributed by atoms with Crippen molar-refractivity contribution in [2.45, 2.75) is 62.8 Å². The van der Waals surface area contributed by atoms with Gasteiger partial charge in [0, 0.05) is 26.2 Å². The molecule has 0 spiro atoms. The number of fused-ring (bicyclic) bond motifs is 3. The van der Waals surface area contributed by atoms with E-state index in [0.717, 1.165) is 28.9 Å². The van der Waals surface area contributed by atoms with E-state index in [1.807, 2.05) is 33.2 Å². The van der Waals surface area contributed by atoms with Gasteiger partial charge in [-0.2, -0.15) is 0 Å². The Labute approximate surface area is 192 Å². The van der Waals surface area contributed by atoms with Crippen LogP contribution in [0, 0.1) is 0 Å². The van der Waals surface area contributed by atoms with Gasteiger partial charge >= 0.3 is 0 Å². The van der Waals surface area contributed by atoms with Crippen LogP contribution in [0.1, 0.15) is 44.7 Å². The lowest BCUT2D eigenvalue weighted by molar-refractivity contribution is 0.0652. The Hall–Kier alpha value is -2.31. The van der Waals surface area contributed by atoms with Gasteiger partial charge in [-0.05, 0) is 49.6 Å². The molecule has 0 radical (unpaired) electrons. The Bertz CT molecular complexity index is 1100. The number of anilines is 2. The molecule has 6 heteroatoms. The number of hydrogen-bond donors (Lipinski definition) is 0. The zero-order chi connectivity index (χ0) is 23.1. The molecule has 1 saturated heterocycles. The molecule has 32 heavy (non-hydrogen) atoms. The molecular formula is C26H34N2O3S. The molecule has 172 valence electrons. The second-order valence-corrected chi connectivity index (χ2v) is 11.6. The van der Waals surface area contributed by atoms with Crippen LogP contribution >= 0.6 is 0 Å². The Morgan fingerprint density at radius 2 is 1.88 bits per heavy atom. The maximum Gasteiger partial charge on any atom is 0.180 e. The van der Waals surface area contributed by atoms with Crippen LogP contribution < -0.4 is 9.80 Å². The largest absolute Gasteiger partial charge is 0.378 e. The van der Waals surface area contributed by atoms with Gasteiger partial charge in [-0.3, -0.25) is 0 Å². The lowest BCUT2D eigenvalue weighted by Gasteiger charge is -2.35. The van der Waals surface area contributed by atoms with E-state index in [1.165, 1.54) is 0 Å². The summed E-state index contributed by atoms with van der Waals surface area (Å²) in [5.41, 5.74) is 3.80. The lowest BCUT2D eigenvalue weighted by atomic mass is 9.95. The fourth-order valence-electron chi connectivity index (χ4n) is 4.73. The predicted molar refractivity (Wildman–Crippen MR) is 132 cm³/mol. The van der Waals surface area contributed by atoms with E-state index in [0.29, 0.717) is 17.7 Å². The molecule has 0 amide bonds. The van der Waals surface area contributed by atoms with Gasteiger partial charge in [0.25, 0.3) is 0 Å². The van der Waals surface area contributed by atoms with Crippen LogP contribution in [0.2, 0.25) is 0 Å². The van der Waals surface area contributed by atoms with E-state index >= 15 is 0 Å². The highest BCUT2D eigenvalue weighted by Crippen LogP contribution is 2.48. The van der Waals surface area contributed by atoms with Gasteiger partial charge in [-0.15, -0.1) is 0 Å². The summed E-state index contributed by atoms with van der Waals surface area (Å²) in [7, 11) is 0.719. The summed E-state index contributed by atoms with van der Waals surface area (Å²) in [5, 5.41) is 0. The number of benzene rings is 2. The summed E-state index contributed by atoms with van der Waals surface area (Å²) < 4.78 is 32.7. The van der Waals surface area contributed by atoms with Gasteiger partial charge in [-0.25, -0.2) is 8.42 Å². The third-order valence-electron chi connectivity index (χ3n) is 6.60. The number of unbranched alkanes of at least 4 members (excludes halogenated alkanes) is 1. The molecule has 0 N–H and O–H groups in total. The number of nitrogens with zero attached hydrogens (tertiary/aromatic N) is 2. The summed E-state index contributed by atoms with van der Waals surface area (Å²) in [6, 6.07) is 14.1. The average Bonchev–Trinajstić information content (AvgIpc) is 3.24. The zero-order valence-electron chi connectivity index (χ0n) is 19.7. The van der Waals surface area contributed by atoms with Crippen LogP contribution in [-0.4, -0.2) is 46.1 Å². The van der Waals surface area contributed by atoms with E-state index in [2.05, 4.69) is 60.1 Å². The van der Waals surface area contributed by atoms with Crippen molar-refractivity contribution in [3.63, 3.8) is 0 Å². The van der Waals surface area contributed by atoms with Crippen LogP contribution in [0.4, 0.5) is 11.4 Å². The molecule has 2 aliphatic rings. The molecule has 0 aromatic heterocycles. The first kappa shape index (κ1) is 22.9. The smallest absolute Gasteiger partial charge is 0.180 e. The normalized spacial score (nSPS) is 21.7. The molecular weight excluding hydrogens is 420 g/mol. The summed E-state index contributed by atoms with van der Waals surface area (Å²) in [4.78, 5) is 4.73. The lowest BCUT2D eigenvalue weighted by Crippen LogP contribution is -2.46. The standard InChI is InChI=1S/C26H34N2O3S/c1-6-7-17-32(29,30)22-10-8-9-20-18-24-28(25(20)22)26(2,3)23(31-24)16-13-19-11-14-21(15-12-19)27(4)5/h8-16,23-24H,6-7,17-18H2,1-5H3. The van der Waals surface area contributed by atoms with Crippen molar-refractivity contribution < 1.29 is 13.2 Å². The molecule has 5 nitrogen and oxygen atoms in total. The number of rotatable bonds is 7. The summed E-state index contributed by atoms with van der Waals surface area (Å²) >= 11 is 0. The van der Waals surface area contributed by atoms with E-state index in [1.54, 1.807) is 6.07 Å². The molecule has 2 aromatic carbocycles. The van der Waals surface area contributed by atoms with E-state index in [-0.39, 0.29) is 23.6 Å². The van der Waals surface area contributed by atoms with Crippen molar-refractivity contribution in [2.75, 3.05) is 29.6 Å². The van der Waals surface area contributed by atoms with Crippen molar-refractivity contribution in [2.24, 2.45) is 0 Å². The maximum absolute atomic E-state index is 13.1. The SMILES string of the molecule is CCCCS(=O)(=O)c1cccc2c1N1C(C2)OC(C=Cc2ccc(N(C)C)cc2)C1(C)C. The third-order valence-corrected chi connectivity index (χ3v) is 8.43. The predicted octanol–water partition coefficient (Wildman–Crippen LogP) is 4.91.